The van der Waals surface area contributed by atoms with Crippen LogP contribution in [-0.2, 0) is 17.8 Å². The van der Waals surface area contributed by atoms with Crippen LogP contribution in [0.3, 0.4) is 0 Å². The fraction of sp³-hybridized carbons (Fsp3) is 0.591. The Hall–Kier alpha value is -1.86. The van der Waals surface area contributed by atoms with Crippen molar-refractivity contribution in [3.8, 4) is 0 Å². The second-order valence-electron chi connectivity index (χ2n) is 8.32. The third-order valence-corrected chi connectivity index (χ3v) is 6.84. The minimum Gasteiger partial charge on any atom is -0.351 e. The number of aromatic nitrogens is 3. The van der Waals surface area contributed by atoms with Crippen LogP contribution in [0, 0.1) is 5.92 Å². The van der Waals surface area contributed by atoms with Gasteiger partial charge in [-0.1, -0.05) is 67.8 Å². The summed E-state index contributed by atoms with van der Waals surface area (Å²) in [7, 11) is 0. The van der Waals surface area contributed by atoms with Gasteiger partial charge in [0.1, 0.15) is 5.82 Å². The number of benzene rings is 1. The Morgan fingerprint density at radius 1 is 1.21 bits per heavy atom. The number of carbonyl (C=O) groups excluding carboxylic acids is 1. The second-order valence-corrected chi connectivity index (χ2v) is 9.26. The Morgan fingerprint density at radius 2 is 2.03 bits per heavy atom. The molecule has 6 nitrogen and oxygen atoms in total. The van der Waals surface area contributed by atoms with Crippen LogP contribution in [0.15, 0.2) is 35.5 Å². The van der Waals surface area contributed by atoms with Gasteiger partial charge in [0.05, 0.1) is 5.75 Å². The lowest BCUT2D eigenvalue weighted by Crippen LogP contribution is -2.38. The fourth-order valence-electron chi connectivity index (χ4n) is 4.43. The van der Waals surface area contributed by atoms with E-state index < -0.39 is 0 Å². The molecule has 2 N–H and O–H groups in total. The number of H-pyrrole nitrogens is 1. The largest absolute Gasteiger partial charge is 0.351 e. The normalized spacial score (nSPS) is 20.3. The van der Waals surface area contributed by atoms with E-state index in [2.05, 4.69) is 49.7 Å². The molecule has 1 saturated carbocycles. The highest BCUT2D eigenvalue weighted by molar-refractivity contribution is 7.99. The SMILES string of the molecule is O=C(CSc1n[nH]c(CCC2CCCC2)n1)NC1CCN(Cc2ccccc2)C1. The number of hydrogen-bond acceptors (Lipinski definition) is 5. The Kier molecular flexibility index (Phi) is 7.22. The minimum atomic E-state index is 0.0684. The molecule has 1 atom stereocenters. The molecule has 1 amide bonds. The van der Waals surface area contributed by atoms with Crippen molar-refractivity contribution in [2.75, 3.05) is 18.8 Å². The Morgan fingerprint density at radius 3 is 2.86 bits per heavy atom. The summed E-state index contributed by atoms with van der Waals surface area (Å²) in [6, 6.07) is 10.7. The summed E-state index contributed by atoms with van der Waals surface area (Å²) >= 11 is 1.42. The molecular formula is C22H31N5OS. The van der Waals surface area contributed by atoms with Crippen molar-refractivity contribution in [1.29, 1.82) is 0 Å². The van der Waals surface area contributed by atoms with E-state index in [-0.39, 0.29) is 11.9 Å². The predicted octanol–water partition coefficient (Wildman–Crippen LogP) is 3.41. The van der Waals surface area contributed by atoms with Crippen molar-refractivity contribution in [1.82, 2.24) is 25.4 Å². The third-order valence-electron chi connectivity index (χ3n) is 5.99. The van der Waals surface area contributed by atoms with Crippen LogP contribution in [0.4, 0.5) is 0 Å². The summed E-state index contributed by atoms with van der Waals surface area (Å²) < 4.78 is 0. The molecule has 0 spiro atoms. The molecule has 1 saturated heterocycles. The number of amides is 1. The van der Waals surface area contributed by atoms with Gasteiger partial charge in [0, 0.05) is 32.1 Å². The zero-order chi connectivity index (χ0) is 19.9. The molecule has 29 heavy (non-hydrogen) atoms. The van der Waals surface area contributed by atoms with Crippen LogP contribution in [0.1, 0.15) is 49.9 Å². The summed E-state index contributed by atoms with van der Waals surface area (Å²) in [5, 5.41) is 11.1. The lowest BCUT2D eigenvalue weighted by atomic mass is 10.0. The summed E-state index contributed by atoms with van der Waals surface area (Å²) in [5.41, 5.74) is 1.32. The third kappa shape index (κ3) is 6.31. The Balaban J connectivity index is 1.14. The van der Waals surface area contributed by atoms with Crippen molar-refractivity contribution >= 4 is 17.7 Å². The first-order valence-electron chi connectivity index (χ1n) is 10.8. The first-order valence-corrected chi connectivity index (χ1v) is 11.8. The highest BCUT2D eigenvalue weighted by atomic mass is 32.2. The maximum absolute atomic E-state index is 12.3. The van der Waals surface area contributed by atoms with E-state index in [0.717, 1.165) is 44.2 Å². The molecule has 1 aromatic carbocycles. The van der Waals surface area contributed by atoms with E-state index in [1.807, 2.05) is 6.07 Å². The quantitative estimate of drug-likeness (QED) is 0.616. The number of nitrogens with zero attached hydrogens (tertiary/aromatic N) is 3. The van der Waals surface area contributed by atoms with Gasteiger partial charge in [0.25, 0.3) is 0 Å². The molecular weight excluding hydrogens is 382 g/mol. The van der Waals surface area contributed by atoms with E-state index in [4.69, 9.17) is 0 Å². The molecule has 7 heteroatoms. The van der Waals surface area contributed by atoms with Gasteiger partial charge in [-0.3, -0.25) is 14.8 Å². The molecule has 2 heterocycles. The fourth-order valence-corrected chi connectivity index (χ4v) is 5.06. The molecule has 2 aliphatic rings. The molecule has 2 aromatic rings. The molecule has 1 aromatic heterocycles. The standard InChI is InChI=1S/C22H31N5OS/c28-21(23-19-12-13-27(15-19)14-18-8-2-1-3-9-18)16-29-22-24-20(25-26-22)11-10-17-6-4-5-7-17/h1-3,8-9,17,19H,4-7,10-16H2,(H,23,28)(H,24,25,26). The molecule has 1 aliphatic heterocycles. The average molecular weight is 414 g/mol. The highest BCUT2D eigenvalue weighted by Gasteiger charge is 2.24. The maximum atomic E-state index is 12.3. The van der Waals surface area contributed by atoms with Crippen molar-refractivity contribution in [3.05, 3.63) is 41.7 Å². The number of carbonyl (C=O) groups is 1. The maximum Gasteiger partial charge on any atom is 0.230 e. The van der Waals surface area contributed by atoms with Crippen LogP contribution < -0.4 is 5.32 Å². The van der Waals surface area contributed by atoms with Gasteiger partial charge in [-0.15, -0.1) is 5.10 Å². The number of nitrogens with one attached hydrogen (secondary N) is 2. The lowest BCUT2D eigenvalue weighted by Gasteiger charge is -2.16. The van der Waals surface area contributed by atoms with Crippen molar-refractivity contribution in [2.45, 2.75) is 62.7 Å². The zero-order valence-electron chi connectivity index (χ0n) is 17.0. The van der Waals surface area contributed by atoms with Gasteiger partial charge in [-0.2, -0.15) is 0 Å². The van der Waals surface area contributed by atoms with Crippen LogP contribution >= 0.6 is 11.8 Å². The molecule has 1 unspecified atom stereocenters. The van der Waals surface area contributed by atoms with Gasteiger partial charge in [0.15, 0.2) is 0 Å². The van der Waals surface area contributed by atoms with Gasteiger partial charge < -0.3 is 5.32 Å². The Bertz CT molecular complexity index is 775. The predicted molar refractivity (Wildman–Crippen MR) is 116 cm³/mol. The highest BCUT2D eigenvalue weighted by Crippen LogP contribution is 2.28. The minimum absolute atomic E-state index is 0.0684. The lowest BCUT2D eigenvalue weighted by molar-refractivity contribution is -0.119. The summed E-state index contributed by atoms with van der Waals surface area (Å²) in [6.45, 7) is 2.89. The van der Waals surface area contributed by atoms with Crippen molar-refractivity contribution in [3.63, 3.8) is 0 Å². The Labute approximate surface area is 177 Å². The number of likely N-dealkylation sites (tertiary alicyclic amines) is 1. The van der Waals surface area contributed by atoms with E-state index in [0.29, 0.717) is 10.9 Å². The molecule has 0 radical (unpaired) electrons. The van der Waals surface area contributed by atoms with Crippen molar-refractivity contribution in [2.24, 2.45) is 5.92 Å². The molecule has 2 fully saturated rings. The van der Waals surface area contributed by atoms with E-state index in [1.165, 1.54) is 49.4 Å². The molecule has 156 valence electrons. The molecule has 4 rings (SSSR count). The second kappa shape index (κ2) is 10.3. The molecule has 1 aliphatic carbocycles. The number of hydrogen-bond donors (Lipinski definition) is 2. The van der Waals surface area contributed by atoms with Crippen LogP contribution in [0.2, 0.25) is 0 Å². The number of thioether (sulfide) groups is 1. The smallest absolute Gasteiger partial charge is 0.230 e. The van der Waals surface area contributed by atoms with E-state index in [9.17, 15) is 4.79 Å². The molecule has 0 bridgehead atoms. The topological polar surface area (TPSA) is 73.9 Å². The zero-order valence-corrected chi connectivity index (χ0v) is 17.8. The van der Waals surface area contributed by atoms with Crippen LogP contribution in [0.25, 0.3) is 0 Å². The van der Waals surface area contributed by atoms with Gasteiger partial charge >= 0.3 is 0 Å². The van der Waals surface area contributed by atoms with Crippen LogP contribution in [-0.4, -0.2) is 50.9 Å². The van der Waals surface area contributed by atoms with Gasteiger partial charge in [0.2, 0.25) is 11.1 Å². The van der Waals surface area contributed by atoms with E-state index in [1.54, 1.807) is 0 Å². The van der Waals surface area contributed by atoms with Crippen molar-refractivity contribution < 1.29 is 4.79 Å². The number of rotatable bonds is 9. The van der Waals surface area contributed by atoms with Gasteiger partial charge in [-0.05, 0) is 24.3 Å². The summed E-state index contributed by atoms with van der Waals surface area (Å²) in [6.07, 6.45) is 8.64. The average Bonchev–Trinajstić information content (AvgIpc) is 3.48. The van der Waals surface area contributed by atoms with Crippen LogP contribution in [0.5, 0.6) is 0 Å². The summed E-state index contributed by atoms with van der Waals surface area (Å²) in [5.74, 6) is 2.25. The number of aryl methyl sites for hydroxylation is 1. The monoisotopic (exact) mass is 413 g/mol. The number of aromatic amines is 1. The first kappa shape index (κ1) is 20.4. The van der Waals surface area contributed by atoms with E-state index >= 15 is 0 Å². The van der Waals surface area contributed by atoms with Gasteiger partial charge in [-0.25, -0.2) is 4.98 Å². The summed E-state index contributed by atoms with van der Waals surface area (Å²) in [4.78, 5) is 19.3. The first-order chi connectivity index (χ1) is 14.2.